The molecule has 4 nitrogen and oxygen atoms in total. The zero-order valence-corrected chi connectivity index (χ0v) is 7.78. The molecule has 0 saturated heterocycles. The molecular weight excluding hydrogens is 180 g/mol. The Morgan fingerprint density at radius 3 is 2.67 bits per heavy atom. The molecule has 1 heterocycles. The van der Waals surface area contributed by atoms with Crippen LogP contribution in [0.4, 0.5) is 0 Å². The summed E-state index contributed by atoms with van der Waals surface area (Å²) in [4.78, 5) is 13.3. The number of hydrogen-bond acceptors (Lipinski definition) is 3. The van der Waals surface area contributed by atoms with Gasteiger partial charge in [-0.3, -0.25) is 10.1 Å². The van der Waals surface area contributed by atoms with E-state index in [0.717, 1.165) is 0 Å². The lowest BCUT2D eigenvalue weighted by atomic mass is 10.2. The second-order valence-corrected chi connectivity index (χ2v) is 2.28. The number of hydrogen-bond donors (Lipinski definition) is 0. The van der Waals surface area contributed by atoms with Crippen molar-refractivity contribution in [1.29, 1.82) is 0 Å². The van der Waals surface area contributed by atoms with E-state index < -0.39 is 6.04 Å². The minimum Gasteiger partial charge on any atom is -0.264 e. The van der Waals surface area contributed by atoms with E-state index in [1.54, 1.807) is 0 Å². The van der Waals surface area contributed by atoms with Crippen LogP contribution in [0.3, 0.4) is 0 Å². The van der Waals surface area contributed by atoms with Crippen molar-refractivity contribution in [3.05, 3.63) is 21.3 Å². The van der Waals surface area contributed by atoms with E-state index >= 15 is 0 Å². The van der Waals surface area contributed by atoms with Gasteiger partial charge in [-0.1, -0.05) is 25.4 Å². The molecule has 1 aliphatic heterocycles. The van der Waals surface area contributed by atoms with Crippen LogP contribution >= 0.6 is 11.6 Å². The zero-order chi connectivity index (χ0) is 9.56. The van der Waals surface area contributed by atoms with E-state index in [-0.39, 0.29) is 4.92 Å². The van der Waals surface area contributed by atoms with E-state index in [9.17, 15) is 10.1 Å². The normalized spacial score (nSPS) is 20.6. The topological polar surface area (TPSA) is 55.5 Å². The highest BCUT2D eigenvalue weighted by atomic mass is 35.5. The van der Waals surface area contributed by atoms with Crippen LogP contribution in [0.5, 0.6) is 0 Å². The van der Waals surface area contributed by atoms with Gasteiger partial charge in [0.15, 0.2) is 0 Å². The highest BCUT2D eigenvalue weighted by Crippen LogP contribution is 2.11. The second kappa shape index (κ2) is 5.71. The van der Waals surface area contributed by atoms with Gasteiger partial charge in [-0.15, -0.1) is 0 Å². The first-order valence-electron chi connectivity index (χ1n) is 3.73. The van der Waals surface area contributed by atoms with Crippen molar-refractivity contribution < 1.29 is 4.92 Å². The molecule has 0 amide bonds. The highest BCUT2D eigenvalue weighted by molar-refractivity contribution is 6.29. The summed E-state index contributed by atoms with van der Waals surface area (Å²) >= 11 is 5.43. The Morgan fingerprint density at radius 2 is 2.33 bits per heavy atom. The first-order valence-corrected chi connectivity index (χ1v) is 4.11. The molecule has 12 heavy (non-hydrogen) atoms. The van der Waals surface area contributed by atoms with Gasteiger partial charge in [0, 0.05) is 11.3 Å². The minimum absolute atomic E-state index is 0.332. The summed E-state index contributed by atoms with van der Waals surface area (Å²) in [5.74, 6) is 0. The molecule has 1 rings (SSSR count). The molecule has 0 aliphatic carbocycles. The maximum absolute atomic E-state index is 10.1. The summed E-state index contributed by atoms with van der Waals surface area (Å²) in [5.41, 5.74) is 0. The first-order chi connectivity index (χ1) is 5.70. The van der Waals surface area contributed by atoms with Crippen molar-refractivity contribution in [2.45, 2.75) is 26.3 Å². The smallest absolute Gasteiger partial charge is 0.251 e. The molecule has 0 fully saturated rings. The molecule has 1 unspecified atom stereocenters. The van der Waals surface area contributed by atoms with Crippen molar-refractivity contribution in [2.24, 2.45) is 4.99 Å². The highest BCUT2D eigenvalue weighted by Gasteiger charge is 2.18. The first kappa shape index (κ1) is 11.1. The molecule has 1 atom stereocenters. The van der Waals surface area contributed by atoms with Gasteiger partial charge < -0.3 is 0 Å². The van der Waals surface area contributed by atoms with Gasteiger partial charge in [0.05, 0.1) is 6.21 Å². The molecule has 5 heteroatoms. The van der Waals surface area contributed by atoms with Crippen molar-refractivity contribution >= 4 is 17.8 Å². The van der Waals surface area contributed by atoms with Gasteiger partial charge in [0.25, 0.3) is 6.04 Å². The van der Waals surface area contributed by atoms with Crippen LogP contribution < -0.4 is 0 Å². The van der Waals surface area contributed by atoms with Crippen LogP contribution in [0.25, 0.3) is 0 Å². The molecule has 0 saturated carbocycles. The Kier molecular flexibility index (Phi) is 5.28. The largest absolute Gasteiger partial charge is 0.264 e. The van der Waals surface area contributed by atoms with Gasteiger partial charge in [-0.2, -0.15) is 0 Å². The molecular formula is C7H11ClN2O2. The summed E-state index contributed by atoms with van der Waals surface area (Å²) in [6.45, 7) is 4.00. The summed E-state index contributed by atoms with van der Waals surface area (Å²) in [6, 6.07) is -0.692. The Bertz CT molecular complexity index is 213. The third kappa shape index (κ3) is 3.48. The third-order valence-electron chi connectivity index (χ3n) is 1.17. The fourth-order valence-corrected chi connectivity index (χ4v) is 0.775. The van der Waals surface area contributed by atoms with Crippen LogP contribution in [0.15, 0.2) is 16.2 Å². The summed E-state index contributed by atoms with van der Waals surface area (Å²) in [6.07, 6.45) is 3.13. The zero-order valence-electron chi connectivity index (χ0n) is 7.03. The van der Waals surface area contributed by atoms with Crippen LogP contribution in [-0.4, -0.2) is 17.2 Å². The molecule has 0 aromatic rings. The molecule has 0 N–H and O–H groups in total. The van der Waals surface area contributed by atoms with Gasteiger partial charge in [-0.05, 0) is 6.08 Å². The Morgan fingerprint density at radius 1 is 1.75 bits per heavy atom. The average molecular weight is 191 g/mol. The number of nitro groups is 1. The van der Waals surface area contributed by atoms with Gasteiger partial charge in [0.1, 0.15) is 5.16 Å². The van der Waals surface area contributed by atoms with Crippen molar-refractivity contribution in [1.82, 2.24) is 0 Å². The summed E-state index contributed by atoms with van der Waals surface area (Å²) < 4.78 is 0. The van der Waals surface area contributed by atoms with E-state index in [1.807, 2.05) is 13.8 Å². The maximum atomic E-state index is 10.1. The molecule has 68 valence electrons. The third-order valence-corrected chi connectivity index (χ3v) is 1.42. The number of halogens is 1. The lowest BCUT2D eigenvalue weighted by Gasteiger charge is -2.03. The Labute approximate surface area is 76.1 Å². The molecule has 0 bridgehead atoms. The monoisotopic (exact) mass is 190 g/mol. The number of rotatable bonds is 1. The van der Waals surface area contributed by atoms with Gasteiger partial charge in [0.2, 0.25) is 0 Å². The number of aliphatic imine (C=N–C) groups is 1. The molecule has 0 aromatic heterocycles. The quantitative estimate of drug-likeness (QED) is 0.362. The van der Waals surface area contributed by atoms with Crippen LogP contribution in [0.2, 0.25) is 0 Å². The van der Waals surface area contributed by atoms with Crippen LogP contribution in [-0.2, 0) is 0 Å². The second-order valence-electron chi connectivity index (χ2n) is 1.89. The van der Waals surface area contributed by atoms with E-state index in [0.29, 0.717) is 11.6 Å². The lowest BCUT2D eigenvalue weighted by Crippen LogP contribution is -2.21. The van der Waals surface area contributed by atoms with E-state index in [1.165, 1.54) is 12.3 Å². The number of nitrogens with zero attached hydrogens (tertiary/aromatic N) is 2. The molecule has 0 spiro atoms. The standard InChI is InChI=1S/C5H5ClN2O2.C2H6/c6-5-2-1-4(3-7-5)8(9)10;1-2/h2-4H,1H2;1-2H3. The SMILES string of the molecule is CC.O=[N+]([O-])C1C=NC(Cl)=CC1. The van der Waals surface area contributed by atoms with E-state index in [2.05, 4.69) is 4.99 Å². The average Bonchev–Trinajstić information content (AvgIpc) is 2.09. The predicted octanol–water partition coefficient (Wildman–Crippen LogP) is 2.21. The Hall–Kier alpha value is -0.900. The lowest BCUT2D eigenvalue weighted by molar-refractivity contribution is -0.500. The minimum atomic E-state index is -0.692. The van der Waals surface area contributed by atoms with Crippen molar-refractivity contribution in [2.75, 3.05) is 0 Å². The van der Waals surface area contributed by atoms with Gasteiger partial charge >= 0.3 is 0 Å². The maximum Gasteiger partial charge on any atom is 0.251 e. The van der Waals surface area contributed by atoms with Crippen molar-refractivity contribution in [3.63, 3.8) is 0 Å². The fraction of sp³-hybridized carbons (Fsp3) is 0.571. The van der Waals surface area contributed by atoms with Crippen LogP contribution in [0.1, 0.15) is 20.3 Å². The summed E-state index contributed by atoms with van der Waals surface area (Å²) in [5, 5.41) is 10.4. The van der Waals surface area contributed by atoms with Crippen molar-refractivity contribution in [3.8, 4) is 0 Å². The molecule has 0 aromatic carbocycles. The van der Waals surface area contributed by atoms with Gasteiger partial charge in [-0.25, -0.2) is 4.99 Å². The Balaban J connectivity index is 0.000000561. The molecule has 0 radical (unpaired) electrons. The predicted molar refractivity (Wildman–Crippen MR) is 49.2 cm³/mol. The fourth-order valence-electron chi connectivity index (χ4n) is 0.629. The molecule has 1 aliphatic rings. The van der Waals surface area contributed by atoms with Crippen LogP contribution in [0, 0.1) is 10.1 Å². The van der Waals surface area contributed by atoms with E-state index in [4.69, 9.17) is 11.6 Å². The summed E-state index contributed by atoms with van der Waals surface area (Å²) in [7, 11) is 0.